The van der Waals surface area contributed by atoms with E-state index in [1.807, 2.05) is 11.6 Å². The number of amides is 4. The summed E-state index contributed by atoms with van der Waals surface area (Å²) in [7, 11) is -2.51. The lowest BCUT2D eigenvalue weighted by molar-refractivity contribution is 0.0498. The monoisotopic (exact) mass is 586 g/mol. The van der Waals surface area contributed by atoms with Gasteiger partial charge in [0.2, 0.25) is 0 Å². The Bertz CT molecular complexity index is 1430. The number of unbranched alkanes of at least 4 members (excludes halogenated alkanes) is 1. The van der Waals surface area contributed by atoms with Crippen LogP contribution in [0.2, 0.25) is 0 Å². The number of aryl methyl sites for hydroxylation is 1. The van der Waals surface area contributed by atoms with E-state index in [9.17, 15) is 22.8 Å². The van der Waals surface area contributed by atoms with E-state index in [2.05, 4.69) is 23.4 Å². The van der Waals surface area contributed by atoms with Crippen molar-refractivity contribution in [2.24, 2.45) is 0 Å². The Morgan fingerprint density at radius 2 is 1.65 bits per heavy atom. The number of benzene rings is 3. The largest absolute Gasteiger partial charge is 0.497 e. The molecule has 0 aliphatic heterocycles. The molecule has 0 aromatic heterocycles. The summed E-state index contributed by atoms with van der Waals surface area (Å²) in [5.41, 5.74) is 1.85. The topological polar surface area (TPSA) is 143 Å². The molecular weight excluding hydrogens is 556 g/mol. The zero-order chi connectivity index (χ0) is 29.1. The number of anilines is 2. The molecule has 3 N–H and O–H groups in total. The highest BCUT2D eigenvalue weighted by Gasteiger charge is 2.18. The van der Waals surface area contributed by atoms with Crippen LogP contribution in [0.3, 0.4) is 0 Å². The van der Waals surface area contributed by atoms with Crippen molar-refractivity contribution >= 4 is 52.2 Å². The predicted molar refractivity (Wildman–Crippen MR) is 154 cm³/mol. The van der Waals surface area contributed by atoms with Crippen molar-refractivity contribution in [1.82, 2.24) is 10.0 Å². The number of thiol groups is 1. The minimum absolute atomic E-state index is 0.0506. The first kappa shape index (κ1) is 30.3. The molecule has 0 heterocycles. The van der Waals surface area contributed by atoms with Gasteiger partial charge >= 0.3 is 18.0 Å². The van der Waals surface area contributed by atoms with E-state index >= 15 is 0 Å². The van der Waals surface area contributed by atoms with E-state index < -0.39 is 28.1 Å². The Morgan fingerprint density at radius 1 is 0.950 bits per heavy atom. The fourth-order valence-electron chi connectivity index (χ4n) is 3.37. The number of methoxy groups -OCH3 is 1. The molecule has 0 bridgehead atoms. The molecule has 0 saturated heterocycles. The van der Waals surface area contributed by atoms with E-state index in [4.69, 9.17) is 9.47 Å². The first-order chi connectivity index (χ1) is 19.1. The average molecular weight is 587 g/mol. The summed E-state index contributed by atoms with van der Waals surface area (Å²) in [6, 6.07) is 17.4. The maximum atomic E-state index is 12.4. The van der Waals surface area contributed by atoms with E-state index in [0.717, 1.165) is 5.56 Å². The van der Waals surface area contributed by atoms with Gasteiger partial charge in [-0.15, -0.1) is 0 Å². The first-order valence-electron chi connectivity index (χ1n) is 12.2. The van der Waals surface area contributed by atoms with E-state index in [-0.39, 0.29) is 22.8 Å². The summed E-state index contributed by atoms with van der Waals surface area (Å²) in [4.78, 5) is 36.9. The van der Waals surface area contributed by atoms with E-state index in [1.165, 1.54) is 40.7 Å². The second kappa shape index (κ2) is 14.2. The van der Waals surface area contributed by atoms with Crippen molar-refractivity contribution in [2.75, 3.05) is 29.9 Å². The molecule has 11 nitrogen and oxygen atoms in total. The molecule has 3 aromatic carbocycles. The number of carbonyl (C=O) groups is 3. The van der Waals surface area contributed by atoms with Crippen LogP contribution in [0, 0.1) is 6.92 Å². The number of nitrogens with one attached hydrogen (secondary N) is 3. The highest BCUT2D eigenvalue weighted by atomic mass is 32.2. The van der Waals surface area contributed by atoms with Gasteiger partial charge in [0.15, 0.2) is 0 Å². The van der Waals surface area contributed by atoms with Crippen molar-refractivity contribution in [3.63, 3.8) is 0 Å². The van der Waals surface area contributed by atoms with Crippen LogP contribution in [0.4, 0.5) is 21.0 Å². The van der Waals surface area contributed by atoms with E-state index in [0.29, 0.717) is 30.8 Å². The predicted octanol–water partition coefficient (Wildman–Crippen LogP) is 4.51. The van der Waals surface area contributed by atoms with Crippen molar-refractivity contribution in [3.05, 3.63) is 83.9 Å². The number of nitrogens with zero attached hydrogens (tertiary/aromatic N) is 1. The van der Waals surface area contributed by atoms with Crippen LogP contribution < -0.4 is 24.4 Å². The number of ether oxygens (including phenoxy) is 2. The molecule has 0 spiro atoms. The quantitative estimate of drug-likeness (QED) is 0.147. The molecule has 13 heteroatoms. The number of urea groups is 2. The summed E-state index contributed by atoms with van der Waals surface area (Å²) in [5, 5.41) is 5.14. The minimum Gasteiger partial charge on any atom is -0.497 e. The van der Waals surface area contributed by atoms with Crippen LogP contribution in [-0.4, -0.2) is 46.7 Å². The maximum absolute atomic E-state index is 12.4. The molecule has 0 atom stereocenters. The third kappa shape index (κ3) is 8.92. The standard InChI is InChI=1S/C27H30N4O7S2/c1-19-8-14-24(15-9-19)40(35,36)30-26(33)29-21-7-5-6-20(18-21)25(32)38-17-4-3-16-28-27(34)31(39)22-10-12-23(37-2)13-11-22/h5-15,18,39H,3-4,16-17H2,1-2H3,(H,28,34)(H2,29,30,33). The van der Waals surface area contributed by atoms with Gasteiger partial charge in [-0.05, 0) is 74.4 Å². The summed E-state index contributed by atoms with van der Waals surface area (Å²) in [5.74, 6) is 0.0553. The molecule has 0 saturated carbocycles. The summed E-state index contributed by atoms with van der Waals surface area (Å²) in [6.45, 7) is 2.28. The number of esters is 1. The van der Waals surface area contributed by atoms with Crippen LogP contribution in [0.5, 0.6) is 5.75 Å². The lowest BCUT2D eigenvalue weighted by Gasteiger charge is -2.16. The van der Waals surface area contributed by atoms with Gasteiger partial charge in [-0.3, -0.25) is 0 Å². The lowest BCUT2D eigenvalue weighted by Crippen LogP contribution is -2.34. The van der Waals surface area contributed by atoms with Crippen LogP contribution >= 0.6 is 12.8 Å². The molecule has 212 valence electrons. The lowest BCUT2D eigenvalue weighted by atomic mass is 10.2. The zero-order valence-corrected chi connectivity index (χ0v) is 23.6. The smallest absolute Gasteiger partial charge is 0.338 e. The summed E-state index contributed by atoms with van der Waals surface area (Å²) < 4.78 is 38.3. The van der Waals surface area contributed by atoms with Gasteiger partial charge < -0.3 is 20.1 Å². The van der Waals surface area contributed by atoms with Crippen LogP contribution in [0.1, 0.15) is 28.8 Å². The number of sulfonamides is 1. The molecule has 4 amide bonds. The Labute approximate surface area is 238 Å². The fourth-order valence-corrected chi connectivity index (χ4v) is 4.48. The number of hydrogen-bond acceptors (Lipinski definition) is 8. The Balaban J connectivity index is 1.39. The highest BCUT2D eigenvalue weighted by molar-refractivity contribution is 7.90. The minimum atomic E-state index is -4.06. The van der Waals surface area contributed by atoms with Gasteiger partial charge in [0.25, 0.3) is 10.0 Å². The molecule has 40 heavy (non-hydrogen) atoms. The van der Waals surface area contributed by atoms with Crippen LogP contribution in [-0.2, 0) is 14.8 Å². The van der Waals surface area contributed by atoms with Crippen molar-refractivity contribution in [3.8, 4) is 5.75 Å². The van der Waals surface area contributed by atoms with Gasteiger partial charge in [-0.1, -0.05) is 36.6 Å². The average Bonchev–Trinajstić information content (AvgIpc) is 2.94. The Morgan fingerprint density at radius 3 is 2.33 bits per heavy atom. The molecular formula is C27H30N4O7S2. The van der Waals surface area contributed by atoms with Gasteiger partial charge in [0.1, 0.15) is 5.75 Å². The Kier molecular flexibility index (Phi) is 10.8. The Hall–Kier alpha value is -4.23. The molecule has 0 unspecified atom stereocenters. The molecule has 0 aliphatic rings. The number of hydrogen-bond donors (Lipinski definition) is 4. The zero-order valence-electron chi connectivity index (χ0n) is 21.9. The van der Waals surface area contributed by atoms with E-state index in [1.54, 1.807) is 43.5 Å². The maximum Gasteiger partial charge on any atom is 0.338 e. The summed E-state index contributed by atoms with van der Waals surface area (Å²) in [6.07, 6.45) is 1.05. The van der Waals surface area contributed by atoms with Gasteiger partial charge in [0, 0.05) is 12.2 Å². The third-order valence-electron chi connectivity index (χ3n) is 5.50. The van der Waals surface area contributed by atoms with Gasteiger partial charge in [0.05, 0.1) is 29.9 Å². The summed E-state index contributed by atoms with van der Waals surface area (Å²) >= 11 is 4.21. The third-order valence-corrected chi connectivity index (χ3v) is 7.26. The fraction of sp³-hybridized carbons (Fsp3) is 0.222. The molecule has 3 aromatic rings. The molecule has 0 radical (unpaired) electrons. The van der Waals surface area contributed by atoms with Crippen molar-refractivity contribution in [1.29, 1.82) is 0 Å². The normalized spacial score (nSPS) is 10.8. The van der Waals surface area contributed by atoms with Crippen molar-refractivity contribution in [2.45, 2.75) is 24.7 Å². The number of carbonyl (C=O) groups excluding carboxylic acids is 3. The van der Waals surface area contributed by atoms with Crippen LogP contribution in [0.25, 0.3) is 0 Å². The van der Waals surface area contributed by atoms with Crippen LogP contribution in [0.15, 0.2) is 77.7 Å². The second-order valence-corrected chi connectivity index (χ2v) is 10.6. The second-order valence-electron chi connectivity index (χ2n) is 8.54. The highest BCUT2D eigenvalue weighted by Crippen LogP contribution is 2.20. The van der Waals surface area contributed by atoms with Crippen molar-refractivity contribution < 1.29 is 32.3 Å². The first-order valence-corrected chi connectivity index (χ1v) is 14.1. The molecule has 3 rings (SSSR count). The van der Waals surface area contributed by atoms with Gasteiger partial charge in [-0.2, -0.15) is 0 Å². The van der Waals surface area contributed by atoms with Gasteiger partial charge in [-0.25, -0.2) is 31.8 Å². The molecule has 0 fully saturated rings. The SMILES string of the molecule is COc1ccc(N(S)C(=O)NCCCCOC(=O)c2cccc(NC(=O)NS(=O)(=O)c3ccc(C)cc3)c2)cc1. The molecule has 0 aliphatic carbocycles. The number of rotatable bonds is 11.